The summed E-state index contributed by atoms with van der Waals surface area (Å²) in [5, 5.41) is 0.735. The molecule has 0 saturated carbocycles. The van der Waals surface area contributed by atoms with Crippen LogP contribution in [0, 0.1) is 6.92 Å². The first-order valence-corrected chi connectivity index (χ1v) is 10.4. The first-order chi connectivity index (χ1) is 14.1. The van der Waals surface area contributed by atoms with Crippen molar-refractivity contribution in [1.82, 2.24) is 9.55 Å². The molecule has 2 heterocycles. The van der Waals surface area contributed by atoms with E-state index in [1.54, 1.807) is 23.2 Å². The maximum Gasteiger partial charge on any atom is 0.321 e. The van der Waals surface area contributed by atoms with Gasteiger partial charge in [0.15, 0.2) is 5.16 Å². The van der Waals surface area contributed by atoms with E-state index in [1.165, 1.54) is 11.8 Å². The Balaban J connectivity index is 1.36. The molecule has 3 aromatic rings. The van der Waals surface area contributed by atoms with Gasteiger partial charge in [-0.15, -0.1) is 0 Å². The Morgan fingerprint density at radius 1 is 1.17 bits per heavy atom. The minimum Gasteiger partial charge on any atom is -0.426 e. The van der Waals surface area contributed by atoms with Gasteiger partial charge in [0, 0.05) is 31.0 Å². The number of anilines is 1. The van der Waals surface area contributed by atoms with Crippen LogP contribution in [0.15, 0.2) is 66.1 Å². The van der Waals surface area contributed by atoms with Gasteiger partial charge in [-0.05, 0) is 49.2 Å². The SMILES string of the molecule is Cc1ccccc1-n1ccnc1SCC(=O)Oc1ccc(N2CCCC2=O)cc1. The third-order valence-corrected chi connectivity index (χ3v) is 5.69. The lowest BCUT2D eigenvalue weighted by Gasteiger charge is -2.15. The number of aromatic nitrogens is 2. The van der Waals surface area contributed by atoms with E-state index in [9.17, 15) is 9.59 Å². The van der Waals surface area contributed by atoms with Gasteiger partial charge in [0.2, 0.25) is 5.91 Å². The maximum atomic E-state index is 12.3. The van der Waals surface area contributed by atoms with Crippen molar-refractivity contribution in [1.29, 1.82) is 0 Å². The molecule has 0 atom stereocenters. The number of rotatable bonds is 6. The van der Waals surface area contributed by atoms with E-state index in [0.717, 1.165) is 35.1 Å². The van der Waals surface area contributed by atoms with E-state index in [-0.39, 0.29) is 17.6 Å². The number of ether oxygens (including phenoxy) is 1. The Morgan fingerprint density at radius 2 is 1.97 bits per heavy atom. The molecule has 7 heteroatoms. The molecular formula is C22H21N3O3S. The number of carbonyl (C=O) groups excluding carboxylic acids is 2. The van der Waals surface area contributed by atoms with Crippen molar-refractivity contribution in [3.63, 3.8) is 0 Å². The summed E-state index contributed by atoms with van der Waals surface area (Å²) in [6.07, 6.45) is 5.07. The van der Waals surface area contributed by atoms with Gasteiger partial charge >= 0.3 is 5.97 Å². The molecule has 0 bridgehead atoms. The molecule has 0 aliphatic carbocycles. The molecule has 0 radical (unpaired) electrons. The Bertz CT molecular complexity index is 1030. The molecule has 2 aromatic carbocycles. The number of carbonyl (C=O) groups is 2. The zero-order valence-electron chi connectivity index (χ0n) is 16.1. The number of para-hydroxylation sites is 1. The van der Waals surface area contributed by atoms with Gasteiger partial charge in [-0.2, -0.15) is 0 Å². The van der Waals surface area contributed by atoms with Crippen LogP contribution in [0.4, 0.5) is 5.69 Å². The largest absolute Gasteiger partial charge is 0.426 e. The molecule has 148 valence electrons. The van der Waals surface area contributed by atoms with E-state index in [1.807, 2.05) is 54.1 Å². The predicted octanol–water partition coefficient (Wildman–Crippen LogP) is 4.01. The third-order valence-electron chi connectivity index (χ3n) is 4.75. The number of esters is 1. The standard InChI is InChI=1S/C22H21N3O3S/c1-16-5-2-3-6-19(16)25-14-12-23-22(25)29-15-21(27)28-18-10-8-17(9-11-18)24-13-4-7-20(24)26/h2-3,5-6,8-12,14H,4,7,13,15H2,1H3. The average Bonchev–Trinajstić information content (AvgIpc) is 3.36. The molecule has 0 spiro atoms. The molecule has 1 saturated heterocycles. The average molecular weight is 407 g/mol. The van der Waals surface area contributed by atoms with E-state index >= 15 is 0 Å². The van der Waals surface area contributed by atoms with E-state index in [4.69, 9.17) is 4.74 Å². The number of benzene rings is 2. The fourth-order valence-electron chi connectivity index (χ4n) is 3.31. The van der Waals surface area contributed by atoms with Gasteiger partial charge in [0.1, 0.15) is 5.75 Å². The highest BCUT2D eigenvalue weighted by Crippen LogP contribution is 2.25. The number of imidazole rings is 1. The van der Waals surface area contributed by atoms with Crippen molar-refractivity contribution in [2.75, 3.05) is 17.2 Å². The van der Waals surface area contributed by atoms with Crippen LogP contribution in [-0.4, -0.2) is 33.7 Å². The van der Waals surface area contributed by atoms with Gasteiger partial charge in [-0.1, -0.05) is 30.0 Å². The monoisotopic (exact) mass is 407 g/mol. The second-order valence-corrected chi connectivity index (χ2v) is 7.71. The zero-order chi connectivity index (χ0) is 20.2. The third kappa shape index (κ3) is 4.35. The summed E-state index contributed by atoms with van der Waals surface area (Å²) in [6.45, 7) is 2.78. The minimum atomic E-state index is -0.348. The van der Waals surface area contributed by atoms with Crippen molar-refractivity contribution >= 4 is 29.3 Å². The molecule has 1 amide bonds. The molecule has 4 rings (SSSR count). The van der Waals surface area contributed by atoms with Gasteiger partial charge in [-0.25, -0.2) is 4.98 Å². The van der Waals surface area contributed by atoms with Crippen LogP contribution in [-0.2, 0) is 9.59 Å². The van der Waals surface area contributed by atoms with Crippen LogP contribution in [0.25, 0.3) is 5.69 Å². The van der Waals surface area contributed by atoms with E-state index in [0.29, 0.717) is 12.2 Å². The molecule has 29 heavy (non-hydrogen) atoms. The lowest BCUT2D eigenvalue weighted by atomic mass is 10.2. The molecule has 0 unspecified atom stereocenters. The first-order valence-electron chi connectivity index (χ1n) is 9.45. The summed E-state index contributed by atoms with van der Waals surface area (Å²) in [5.41, 5.74) is 3.00. The summed E-state index contributed by atoms with van der Waals surface area (Å²) in [4.78, 5) is 30.2. The molecule has 1 aliphatic rings. The van der Waals surface area contributed by atoms with Gasteiger partial charge in [0.05, 0.1) is 11.4 Å². The van der Waals surface area contributed by atoms with Gasteiger partial charge < -0.3 is 9.64 Å². The predicted molar refractivity (Wildman–Crippen MR) is 113 cm³/mol. The first kappa shape index (κ1) is 19.3. The van der Waals surface area contributed by atoms with Crippen LogP contribution >= 0.6 is 11.8 Å². The normalized spacial score (nSPS) is 13.7. The van der Waals surface area contributed by atoms with Crippen molar-refractivity contribution in [3.05, 3.63) is 66.5 Å². The minimum absolute atomic E-state index is 0.135. The number of thioether (sulfide) groups is 1. The number of nitrogens with zero attached hydrogens (tertiary/aromatic N) is 3. The molecule has 1 aliphatic heterocycles. The summed E-state index contributed by atoms with van der Waals surface area (Å²) < 4.78 is 7.39. The lowest BCUT2D eigenvalue weighted by molar-refractivity contribution is -0.131. The van der Waals surface area contributed by atoms with E-state index in [2.05, 4.69) is 4.98 Å². The summed E-state index contributed by atoms with van der Waals surface area (Å²) >= 11 is 1.33. The van der Waals surface area contributed by atoms with Crippen LogP contribution in [0.2, 0.25) is 0 Å². The second-order valence-electron chi connectivity index (χ2n) is 6.77. The summed E-state index contributed by atoms with van der Waals surface area (Å²) in [7, 11) is 0. The molecule has 6 nitrogen and oxygen atoms in total. The van der Waals surface area contributed by atoms with Crippen molar-refractivity contribution in [2.45, 2.75) is 24.9 Å². The molecule has 1 fully saturated rings. The van der Waals surface area contributed by atoms with Crippen LogP contribution in [0.1, 0.15) is 18.4 Å². The molecular weight excluding hydrogens is 386 g/mol. The van der Waals surface area contributed by atoms with Gasteiger partial charge in [-0.3, -0.25) is 14.2 Å². The molecule has 1 aromatic heterocycles. The van der Waals surface area contributed by atoms with Crippen LogP contribution in [0.3, 0.4) is 0 Å². The Kier molecular flexibility index (Phi) is 5.67. The zero-order valence-corrected chi connectivity index (χ0v) is 16.9. The fraction of sp³-hybridized carbons (Fsp3) is 0.227. The number of amides is 1. The van der Waals surface area contributed by atoms with E-state index < -0.39 is 0 Å². The summed E-state index contributed by atoms with van der Waals surface area (Å²) in [5.74, 6) is 0.401. The second kappa shape index (κ2) is 8.53. The highest BCUT2D eigenvalue weighted by atomic mass is 32.2. The van der Waals surface area contributed by atoms with Crippen LogP contribution in [0.5, 0.6) is 5.75 Å². The highest BCUT2D eigenvalue weighted by molar-refractivity contribution is 7.99. The maximum absolute atomic E-state index is 12.3. The Hall–Kier alpha value is -3.06. The van der Waals surface area contributed by atoms with Crippen molar-refractivity contribution in [3.8, 4) is 11.4 Å². The number of hydrogen-bond donors (Lipinski definition) is 0. The topological polar surface area (TPSA) is 64.4 Å². The number of aryl methyl sites for hydroxylation is 1. The number of hydrogen-bond acceptors (Lipinski definition) is 5. The highest BCUT2D eigenvalue weighted by Gasteiger charge is 2.21. The quantitative estimate of drug-likeness (QED) is 0.351. The summed E-state index contributed by atoms with van der Waals surface area (Å²) in [6, 6.07) is 15.1. The Labute approximate surface area is 173 Å². The fourth-order valence-corrected chi connectivity index (χ4v) is 4.05. The van der Waals surface area contributed by atoms with Crippen molar-refractivity contribution < 1.29 is 14.3 Å². The molecule has 0 N–H and O–H groups in total. The lowest BCUT2D eigenvalue weighted by Crippen LogP contribution is -2.23. The van der Waals surface area contributed by atoms with Crippen molar-refractivity contribution in [2.24, 2.45) is 0 Å². The van der Waals surface area contributed by atoms with Gasteiger partial charge in [0.25, 0.3) is 0 Å². The van der Waals surface area contributed by atoms with Crippen LogP contribution < -0.4 is 9.64 Å². The Morgan fingerprint density at radius 3 is 2.69 bits per heavy atom. The smallest absolute Gasteiger partial charge is 0.321 e.